The number of benzene rings is 2. The van der Waals surface area contributed by atoms with E-state index in [1.165, 1.54) is 12.3 Å². The van der Waals surface area contributed by atoms with E-state index in [9.17, 15) is 38.2 Å². The Morgan fingerprint density at radius 3 is 2.55 bits per heavy atom. The van der Waals surface area contributed by atoms with Crippen LogP contribution >= 0.6 is 7.82 Å². The summed E-state index contributed by atoms with van der Waals surface area (Å²) in [5, 5.41) is 5.32. The number of carbonyl (C=O) groups excluding carboxylic acids is 4. The third-order valence-corrected chi connectivity index (χ3v) is 9.98. The lowest BCUT2D eigenvalue weighted by Gasteiger charge is -2.26. The fraction of sp³-hybridized carbons (Fsp3) is 0.350. The number of para-hydroxylation sites is 1. The minimum absolute atomic E-state index is 0.0169. The lowest BCUT2D eigenvalue weighted by atomic mass is 10.0. The molecule has 0 aliphatic carbocycles. The molecule has 3 aromatic rings. The molecule has 4 atom stereocenters. The summed E-state index contributed by atoms with van der Waals surface area (Å²) in [5.74, 6) is 4.00. The highest BCUT2D eigenvalue weighted by molar-refractivity contribution is 7.47. The highest BCUT2D eigenvalue weighted by Crippen LogP contribution is 2.43. The van der Waals surface area contributed by atoms with E-state index in [2.05, 4.69) is 38.7 Å². The number of rotatable bonds is 18. The fourth-order valence-corrected chi connectivity index (χ4v) is 6.79. The third-order valence-electron chi connectivity index (χ3n) is 9.19. The lowest BCUT2D eigenvalue weighted by molar-refractivity contribution is -0.131. The minimum Gasteiger partial charge on any atom is -0.354 e. The normalized spacial score (nSPS) is 17.3. The molecule has 3 heterocycles. The monoisotopic (exact) mass is 816 g/mol. The third kappa shape index (κ3) is 12.1. The Morgan fingerprint density at radius 1 is 1.05 bits per heavy atom. The summed E-state index contributed by atoms with van der Waals surface area (Å²) >= 11 is 0. The van der Waals surface area contributed by atoms with Crippen LogP contribution in [0.3, 0.4) is 0 Å². The molecule has 2 unspecified atom stereocenters. The summed E-state index contributed by atoms with van der Waals surface area (Å²) in [6, 6.07) is 14.6. The molecular formula is C40H45N6O11P. The highest BCUT2D eigenvalue weighted by Gasteiger charge is 2.32. The summed E-state index contributed by atoms with van der Waals surface area (Å²) < 4.78 is 29.2. The molecule has 5 N–H and O–H groups in total. The molecule has 1 saturated heterocycles. The first-order chi connectivity index (χ1) is 27.9. The summed E-state index contributed by atoms with van der Waals surface area (Å²) in [7, 11) is -4.83. The van der Waals surface area contributed by atoms with Crippen LogP contribution in [0.15, 0.2) is 83.0 Å². The molecule has 18 heteroatoms. The standard InChI is InChI=1S/C40H45N6O11P/c1-3-9-27(4-2)38(50)42-23-22-41-34(47)18-16-31-25-46(40(52)43-39(31)51)37-21-17-32(56-37)26-55-58(53,54)57-44-35(48)19-20-36(49)45-24-30-12-6-5-10-28(30)14-15-29-11-7-8-13-33(29)45/h4-8,10-13,16,18,25,27,32,37H,2-3,9,17,19-24,26H2,1H3,(H,41,47)(H,42,50)(H,44,48)(H,53,54)(H,43,51,52)/b18-16-/t27?,32-,37+/m0/s1. The molecule has 0 spiro atoms. The van der Waals surface area contributed by atoms with Gasteiger partial charge < -0.3 is 25.2 Å². The number of aromatic nitrogens is 2. The number of aromatic amines is 1. The number of carbonyl (C=O) groups is 4. The van der Waals surface area contributed by atoms with Gasteiger partial charge in [-0.2, -0.15) is 4.62 Å². The fourth-order valence-electron chi connectivity index (χ4n) is 6.17. The van der Waals surface area contributed by atoms with Gasteiger partial charge in [-0.15, -0.1) is 6.58 Å². The van der Waals surface area contributed by atoms with Crippen LogP contribution in [0.1, 0.15) is 73.9 Å². The quantitative estimate of drug-likeness (QED) is 0.0313. The second-order valence-electron chi connectivity index (χ2n) is 13.4. The summed E-state index contributed by atoms with van der Waals surface area (Å²) in [4.78, 5) is 89.4. The van der Waals surface area contributed by atoms with Gasteiger partial charge in [0.25, 0.3) is 5.56 Å². The second kappa shape index (κ2) is 20.5. The van der Waals surface area contributed by atoms with Crippen LogP contribution in [-0.4, -0.2) is 63.9 Å². The summed E-state index contributed by atoms with van der Waals surface area (Å²) in [5.41, 5.74) is 3.21. The Kier molecular flexibility index (Phi) is 15.3. The van der Waals surface area contributed by atoms with E-state index < -0.39 is 49.8 Å². The van der Waals surface area contributed by atoms with Crippen LogP contribution in [-0.2, 0) is 44.2 Å². The van der Waals surface area contributed by atoms with Crippen molar-refractivity contribution in [3.8, 4) is 11.8 Å². The average Bonchev–Trinajstić information content (AvgIpc) is 3.68. The van der Waals surface area contributed by atoms with Crippen molar-refractivity contribution >= 4 is 43.2 Å². The largest absolute Gasteiger partial charge is 0.493 e. The summed E-state index contributed by atoms with van der Waals surface area (Å²) in [6.45, 7) is 5.75. The predicted molar refractivity (Wildman–Crippen MR) is 212 cm³/mol. The van der Waals surface area contributed by atoms with Crippen molar-refractivity contribution in [2.75, 3.05) is 24.6 Å². The molecule has 2 aliphatic rings. The molecule has 4 amide bonds. The van der Waals surface area contributed by atoms with Crippen molar-refractivity contribution in [3.63, 3.8) is 0 Å². The van der Waals surface area contributed by atoms with Crippen LogP contribution < -0.4 is 32.3 Å². The van der Waals surface area contributed by atoms with Crippen LogP contribution in [0.4, 0.5) is 5.69 Å². The maximum atomic E-state index is 13.4. The maximum Gasteiger partial charge on any atom is 0.493 e. The molecule has 58 heavy (non-hydrogen) atoms. The smallest absolute Gasteiger partial charge is 0.354 e. The number of amides is 4. The van der Waals surface area contributed by atoms with Gasteiger partial charge in [-0.3, -0.25) is 38.0 Å². The zero-order valence-corrected chi connectivity index (χ0v) is 32.7. The van der Waals surface area contributed by atoms with E-state index in [1.807, 2.05) is 42.7 Å². The van der Waals surface area contributed by atoms with E-state index in [-0.39, 0.29) is 68.6 Å². The Bertz CT molecular complexity index is 2280. The molecule has 2 aromatic carbocycles. The topological polar surface area (TPSA) is 227 Å². The number of phosphoric ester groups is 1. The van der Waals surface area contributed by atoms with Gasteiger partial charge in [0.05, 0.1) is 36.4 Å². The van der Waals surface area contributed by atoms with Gasteiger partial charge in [0.15, 0.2) is 0 Å². The number of ether oxygens (including phenoxy) is 1. The van der Waals surface area contributed by atoms with E-state index >= 15 is 0 Å². The number of hydrogen-bond acceptors (Lipinski definition) is 10. The molecule has 306 valence electrons. The average molecular weight is 817 g/mol. The van der Waals surface area contributed by atoms with Crippen LogP contribution in [0, 0.1) is 17.8 Å². The second-order valence-corrected chi connectivity index (χ2v) is 14.8. The number of H-pyrrole nitrogens is 1. The lowest BCUT2D eigenvalue weighted by Crippen LogP contribution is -2.36. The van der Waals surface area contributed by atoms with E-state index in [1.54, 1.807) is 29.2 Å². The van der Waals surface area contributed by atoms with Gasteiger partial charge in [-0.25, -0.2) is 14.8 Å². The number of nitrogens with zero attached hydrogens (tertiary/aromatic N) is 2. The van der Waals surface area contributed by atoms with E-state index in [0.717, 1.165) is 28.2 Å². The van der Waals surface area contributed by atoms with Gasteiger partial charge in [-0.05, 0) is 49.1 Å². The van der Waals surface area contributed by atoms with Gasteiger partial charge >= 0.3 is 13.5 Å². The van der Waals surface area contributed by atoms with Crippen molar-refractivity contribution in [2.24, 2.45) is 5.92 Å². The van der Waals surface area contributed by atoms with Crippen molar-refractivity contribution < 1.29 is 42.5 Å². The first kappa shape index (κ1) is 43.2. The van der Waals surface area contributed by atoms with Crippen molar-refractivity contribution in [1.29, 1.82) is 0 Å². The van der Waals surface area contributed by atoms with Crippen molar-refractivity contribution in [1.82, 2.24) is 25.7 Å². The van der Waals surface area contributed by atoms with Crippen molar-refractivity contribution in [2.45, 2.75) is 64.3 Å². The van der Waals surface area contributed by atoms with E-state index in [0.29, 0.717) is 17.7 Å². The molecule has 1 fully saturated rings. The molecule has 0 saturated carbocycles. The first-order valence-corrected chi connectivity index (χ1v) is 20.2. The number of phosphoric acid groups is 1. The molecule has 0 radical (unpaired) electrons. The molecule has 5 rings (SSSR count). The van der Waals surface area contributed by atoms with E-state index in [4.69, 9.17) is 9.26 Å². The highest BCUT2D eigenvalue weighted by atomic mass is 31.2. The van der Waals surface area contributed by atoms with Crippen LogP contribution in [0.25, 0.3) is 6.08 Å². The predicted octanol–water partition coefficient (Wildman–Crippen LogP) is 2.95. The first-order valence-electron chi connectivity index (χ1n) is 18.7. The van der Waals surface area contributed by atoms with Gasteiger partial charge in [0.1, 0.15) is 6.23 Å². The van der Waals surface area contributed by atoms with Gasteiger partial charge in [0.2, 0.25) is 23.6 Å². The summed E-state index contributed by atoms with van der Waals surface area (Å²) in [6.07, 6.45) is 4.93. The zero-order valence-electron chi connectivity index (χ0n) is 31.8. The van der Waals surface area contributed by atoms with Gasteiger partial charge in [0, 0.05) is 49.3 Å². The number of nitrogens with one attached hydrogen (secondary N) is 4. The Morgan fingerprint density at radius 2 is 1.78 bits per heavy atom. The van der Waals surface area contributed by atoms with Crippen LogP contribution in [0.2, 0.25) is 0 Å². The minimum atomic E-state index is -4.83. The maximum absolute atomic E-state index is 13.4. The van der Waals surface area contributed by atoms with Gasteiger partial charge in [-0.1, -0.05) is 61.6 Å². The SMILES string of the molecule is C=CC(CCC)C(=O)NCCNC(=O)/C=C\c1cn([C@H]2CC[C@@H](COP(=O)(O)ONC(=O)CCC(=O)N3Cc4ccccc4C#Cc4ccccc43)O2)c(=O)[nH]c1=O. The molecule has 2 aliphatic heterocycles. The Labute approximate surface area is 334 Å². The Hall–Kier alpha value is -5.89. The van der Waals surface area contributed by atoms with Crippen LogP contribution in [0.5, 0.6) is 0 Å². The number of hydrogen-bond donors (Lipinski definition) is 5. The molecule has 1 aromatic heterocycles. The molecule has 17 nitrogen and oxygen atoms in total. The Balaban J connectivity index is 1.06. The van der Waals surface area contributed by atoms with Crippen molar-refractivity contribution in [3.05, 3.63) is 117 Å². The zero-order chi connectivity index (χ0) is 41.7. The number of hydroxylamine groups is 1. The number of fused-ring (bicyclic) bond motifs is 2. The molecular weight excluding hydrogens is 771 g/mol. The number of anilines is 1. The molecule has 0 bridgehead atoms.